The first-order valence-corrected chi connectivity index (χ1v) is 11.1. The smallest absolute Gasteiger partial charge is 0.256 e. The van der Waals surface area contributed by atoms with E-state index in [0.717, 1.165) is 7.28 Å². The minimum atomic E-state index is -0.271. The van der Waals surface area contributed by atoms with Crippen molar-refractivity contribution < 1.29 is 14.4 Å². The lowest BCUT2D eigenvalue weighted by Gasteiger charge is -2.35. The molecule has 1 saturated heterocycles. The highest BCUT2D eigenvalue weighted by Crippen LogP contribution is 2.12. The average molecular weight is 445 g/mol. The van der Waals surface area contributed by atoms with Gasteiger partial charge < -0.3 is 15.1 Å². The highest BCUT2D eigenvalue weighted by molar-refractivity contribution is 6.39. The third-order valence-electron chi connectivity index (χ3n) is 5.09. The molecule has 7 nitrogen and oxygen atoms in total. The van der Waals surface area contributed by atoms with E-state index in [1.54, 1.807) is 35.2 Å². The summed E-state index contributed by atoms with van der Waals surface area (Å²) in [5, 5.41) is 3.37. The lowest BCUT2D eigenvalue weighted by molar-refractivity contribution is -0.137. The number of aliphatic imine (C=N–C) groups is 1. The zero-order valence-corrected chi connectivity index (χ0v) is 19.2. The van der Waals surface area contributed by atoms with Gasteiger partial charge in [0.2, 0.25) is 11.8 Å². The quantitative estimate of drug-likeness (QED) is 0.399. The van der Waals surface area contributed by atoms with Crippen LogP contribution in [0.5, 0.6) is 0 Å². The number of nitrogens with one attached hydrogen (secondary N) is 1. The molecule has 166 valence electrons. The van der Waals surface area contributed by atoms with Gasteiger partial charge in [0.1, 0.15) is 13.1 Å². The molecule has 2 rings (SSSR count). The van der Waals surface area contributed by atoms with Crippen LogP contribution >= 0.6 is 11.6 Å². The molecule has 3 amide bonds. The van der Waals surface area contributed by atoms with Gasteiger partial charge in [-0.3, -0.25) is 14.4 Å². The second-order valence-corrected chi connectivity index (χ2v) is 7.78. The predicted octanol–water partition coefficient (Wildman–Crippen LogP) is 2.75. The number of carbonyl (C=O) groups is 3. The molecule has 0 radical (unpaired) electrons. The van der Waals surface area contributed by atoms with Crippen LogP contribution in [-0.2, 0) is 9.59 Å². The third-order valence-corrected chi connectivity index (χ3v) is 5.34. The monoisotopic (exact) mass is 444 g/mol. The Morgan fingerprint density at radius 1 is 1.10 bits per heavy atom. The Labute approximate surface area is 189 Å². The van der Waals surface area contributed by atoms with Crippen molar-refractivity contribution in [2.75, 3.05) is 26.2 Å². The maximum atomic E-state index is 12.7. The molecule has 1 aromatic rings. The van der Waals surface area contributed by atoms with Crippen LogP contribution in [0, 0.1) is 0 Å². The number of amides is 3. The van der Waals surface area contributed by atoms with Crippen molar-refractivity contribution in [1.29, 1.82) is 0 Å². The third kappa shape index (κ3) is 7.54. The molecule has 0 saturated carbocycles. The van der Waals surface area contributed by atoms with Gasteiger partial charge in [-0.25, -0.2) is 4.99 Å². The van der Waals surface area contributed by atoms with Crippen LogP contribution in [0.3, 0.4) is 0 Å². The van der Waals surface area contributed by atoms with Gasteiger partial charge in [-0.2, -0.15) is 0 Å². The van der Waals surface area contributed by atoms with E-state index in [-0.39, 0.29) is 24.1 Å². The summed E-state index contributed by atoms with van der Waals surface area (Å²) >= 11 is 5.87. The maximum Gasteiger partial charge on any atom is 0.256 e. The number of amidine groups is 1. The minimum absolute atomic E-state index is 0.0288. The van der Waals surface area contributed by atoms with Crippen LogP contribution in [0.25, 0.3) is 0 Å². The number of halogens is 1. The van der Waals surface area contributed by atoms with Crippen molar-refractivity contribution in [1.82, 2.24) is 15.1 Å². The van der Waals surface area contributed by atoms with E-state index >= 15 is 0 Å². The van der Waals surface area contributed by atoms with Gasteiger partial charge in [0.25, 0.3) is 5.91 Å². The van der Waals surface area contributed by atoms with Crippen LogP contribution in [-0.4, -0.2) is 66.8 Å². The van der Waals surface area contributed by atoms with Crippen molar-refractivity contribution in [3.63, 3.8) is 0 Å². The van der Waals surface area contributed by atoms with Crippen molar-refractivity contribution >= 4 is 42.4 Å². The highest BCUT2D eigenvalue weighted by atomic mass is 35.5. The zero-order chi connectivity index (χ0) is 22.8. The molecule has 1 aliphatic rings. The van der Waals surface area contributed by atoms with Crippen molar-refractivity contribution in [2.45, 2.75) is 39.8 Å². The number of carbonyl (C=O) groups excluding carboxylic acids is 3. The lowest BCUT2D eigenvalue weighted by atomic mass is 9.77. The molecule has 0 aromatic heterocycles. The van der Waals surface area contributed by atoms with E-state index in [9.17, 15) is 14.4 Å². The fraction of sp³-hybridized carbons (Fsp3) is 0.455. The Morgan fingerprint density at radius 3 is 2.19 bits per heavy atom. The summed E-state index contributed by atoms with van der Waals surface area (Å²) in [6, 6.07) is 6.61. The molecule has 1 N–H and O–H groups in total. The second-order valence-electron chi connectivity index (χ2n) is 7.34. The number of nitrogens with zero attached hydrogens (tertiary/aromatic N) is 3. The molecular weight excluding hydrogens is 415 g/mol. The summed E-state index contributed by atoms with van der Waals surface area (Å²) in [5.74, 6) is 0.346. The number of allylic oxidation sites excluding steroid dienone is 1. The number of piperazine rings is 1. The second kappa shape index (κ2) is 12.3. The van der Waals surface area contributed by atoms with E-state index in [1.165, 1.54) is 0 Å². The Balaban J connectivity index is 1.94. The number of benzene rings is 1. The molecule has 1 aromatic carbocycles. The topological polar surface area (TPSA) is 82.1 Å². The summed E-state index contributed by atoms with van der Waals surface area (Å²) in [6.07, 6.45) is 3.00. The van der Waals surface area contributed by atoms with E-state index in [1.807, 2.05) is 25.6 Å². The van der Waals surface area contributed by atoms with E-state index in [0.29, 0.717) is 61.0 Å². The van der Waals surface area contributed by atoms with E-state index in [4.69, 9.17) is 11.6 Å². The van der Waals surface area contributed by atoms with Crippen LogP contribution in [0.2, 0.25) is 18.2 Å². The van der Waals surface area contributed by atoms with Gasteiger partial charge in [-0.05, 0) is 31.2 Å². The maximum absolute atomic E-state index is 12.7. The Bertz CT molecular complexity index is 847. The number of hydrogen-bond acceptors (Lipinski definition) is 4. The molecule has 0 bridgehead atoms. The summed E-state index contributed by atoms with van der Waals surface area (Å²) in [5.41, 5.74) is 1.09. The molecule has 0 atom stereocenters. The molecular formula is C22H30BClN4O3. The first kappa shape index (κ1) is 24.7. The van der Waals surface area contributed by atoms with Crippen molar-refractivity contribution in [3.05, 3.63) is 46.6 Å². The normalized spacial score (nSPS) is 15.0. The van der Waals surface area contributed by atoms with Crippen LogP contribution in [0.4, 0.5) is 0 Å². The molecule has 0 aliphatic carbocycles. The highest BCUT2D eigenvalue weighted by Gasteiger charge is 2.24. The SMILES string of the molecule is CBCC(=O)N1CCN(C(=O)CC(=C/C)/N=C(\CC)NC(=O)c2ccc(Cl)cc2)CC1. The predicted molar refractivity (Wildman–Crippen MR) is 126 cm³/mol. The Morgan fingerprint density at radius 2 is 1.68 bits per heavy atom. The average Bonchev–Trinajstić information content (AvgIpc) is 2.78. The first-order chi connectivity index (χ1) is 14.9. The Hall–Kier alpha value is -2.61. The summed E-state index contributed by atoms with van der Waals surface area (Å²) in [6.45, 7) is 7.89. The Kier molecular flexibility index (Phi) is 9.78. The molecule has 1 heterocycles. The lowest BCUT2D eigenvalue weighted by Crippen LogP contribution is -2.50. The molecule has 31 heavy (non-hydrogen) atoms. The molecule has 1 fully saturated rings. The standard InChI is InChI=1S/C22H30BClN4O3/c1-4-18(14-20(29)27-10-12-28(13-11-27)21(30)15-23-3)25-19(5-2)26-22(31)16-6-8-17(24)9-7-16/h4,6-9,23H,5,10-15H2,1-3H3,(H,25,26,31)/b18-4-. The van der Waals surface area contributed by atoms with Gasteiger partial charge >= 0.3 is 0 Å². The minimum Gasteiger partial charge on any atom is -0.340 e. The van der Waals surface area contributed by atoms with E-state index < -0.39 is 0 Å². The largest absolute Gasteiger partial charge is 0.340 e. The van der Waals surface area contributed by atoms with Crippen LogP contribution in [0.1, 0.15) is 37.0 Å². The summed E-state index contributed by atoms with van der Waals surface area (Å²) in [4.78, 5) is 45.3. The van der Waals surface area contributed by atoms with Crippen molar-refractivity contribution in [2.24, 2.45) is 4.99 Å². The van der Waals surface area contributed by atoms with Crippen LogP contribution < -0.4 is 5.32 Å². The van der Waals surface area contributed by atoms with Gasteiger partial charge in [0.15, 0.2) is 0 Å². The van der Waals surface area contributed by atoms with Gasteiger partial charge in [-0.15, -0.1) is 0 Å². The van der Waals surface area contributed by atoms with Gasteiger partial charge in [0, 0.05) is 55.2 Å². The number of hydrogen-bond donors (Lipinski definition) is 1. The van der Waals surface area contributed by atoms with Gasteiger partial charge in [-0.1, -0.05) is 31.4 Å². The summed E-state index contributed by atoms with van der Waals surface area (Å²) < 4.78 is 0. The fourth-order valence-electron chi connectivity index (χ4n) is 3.22. The zero-order valence-electron chi connectivity index (χ0n) is 18.5. The molecule has 9 heteroatoms. The number of rotatable bonds is 7. The van der Waals surface area contributed by atoms with Crippen molar-refractivity contribution in [3.8, 4) is 0 Å². The van der Waals surface area contributed by atoms with Crippen LogP contribution in [0.15, 0.2) is 41.0 Å². The van der Waals surface area contributed by atoms with E-state index in [2.05, 4.69) is 10.3 Å². The fourth-order valence-corrected chi connectivity index (χ4v) is 3.35. The van der Waals surface area contributed by atoms with Gasteiger partial charge in [0.05, 0.1) is 6.42 Å². The summed E-state index contributed by atoms with van der Waals surface area (Å²) in [7, 11) is 0.828. The molecule has 0 unspecified atom stereocenters. The first-order valence-electron chi connectivity index (χ1n) is 10.7. The molecule has 0 spiro atoms. The molecule has 1 aliphatic heterocycles.